The van der Waals surface area contributed by atoms with Crippen molar-refractivity contribution in [2.24, 2.45) is 0 Å². The normalized spacial score (nSPS) is 26.7. The molecule has 0 bridgehead atoms. The van der Waals surface area contributed by atoms with Gasteiger partial charge in [0.1, 0.15) is 6.04 Å². The first-order valence-corrected chi connectivity index (χ1v) is 4.01. The number of carbonyl (C=O) groups is 2. The van der Waals surface area contributed by atoms with E-state index >= 15 is 0 Å². The van der Waals surface area contributed by atoms with Crippen molar-refractivity contribution in [3.63, 3.8) is 0 Å². The molecule has 0 aromatic rings. The average molecular weight is 184 g/mol. The fourth-order valence-electron chi connectivity index (χ4n) is 1.23. The molecule has 13 heavy (non-hydrogen) atoms. The Morgan fingerprint density at radius 2 is 2.54 bits per heavy atom. The molecule has 1 aliphatic heterocycles. The van der Waals surface area contributed by atoms with E-state index in [1.165, 1.54) is 0 Å². The first-order valence-electron chi connectivity index (χ1n) is 4.01. The molecule has 2 amide bonds. The van der Waals surface area contributed by atoms with Crippen LogP contribution in [0.5, 0.6) is 0 Å². The molecule has 0 radical (unpaired) electrons. The van der Waals surface area contributed by atoms with E-state index in [0.717, 1.165) is 6.08 Å². The Labute approximate surface area is 75.8 Å². The molecule has 0 saturated carbocycles. The molecule has 2 atom stereocenters. The van der Waals surface area contributed by atoms with Crippen molar-refractivity contribution >= 4 is 11.8 Å². The zero-order valence-electron chi connectivity index (χ0n) is 7.12. The largest absolute Gasteiger partial charge is 0.394 e. The third-order valence-corrected chi connectivity index (χ3v) is 1.91. The molecule has 1 fully saturated rings. The van der Waals surface area contributed by atoms with Gasteiger partial charge in [-0.2, -0.15) is 0 Å². The van der Waals surface area contributed by atoms with Crippen molar-refractivity contribution in [3.05, 3.63) is 12.7 Å². The number of rotatable bonds is 3. The van der Waals surface area contributed by atoms with E-state index in [-0.39, 0.29) is 24.5 Å². The molecule has 1 saturated heterocycles. The van der Waals surface area contributed by atoms with Crippen LogP contribution in [0.15, 0.2) is 12.7 Å². The monoisotopic (exact) mass is 184 g/mol. The molecule has 0 aromatic carbocycles. The fraction of sp³-hybridized carbons (Fsp3) is 0.500. The molecule has 0 aromatic heterocycles. The summed E-state index contributed by atoms with van der Waals surface area (Å²) in [6.07, 6.45) is 1.54. The minimum atomic E-state index is -0.539. The summed E-state index contributed by atoms with van der Waals surface area (Å²) in [5, 5.41) is 13.8. The van der Waals surface area contributed by atoms with Gasteiger partial charge < -0.3 is 15.7 Å². The predicted molar refractivity (Wildman–Crippen MR) is 45.8 cm³/mol. The van der Waals surface area contributed by atoms with Crippen LogP contribution in [-0.2, 0) is 9.59 Å². The molecule has 72 valence electrons. The van der Waals surface area contributed by atoms with Crippen molar-refractivity contribution in [2.75, 3.05) is 6.61 Å². The van der Waals surface area contributed by atoms with Crippen molar-refractivity contribution in [2.45, 2.75) is 18.5 Å². The van der Waals surface area contributed by atoms with E-state index in [4.69, 9.17) is 5.11 Å². The van der Waals surface area contributed by atoms with E-state index in [2.05, 4.69) is 17.2 Å². The van der Waals surface area contributed by atoms with Crippen LogP contribution in [0.25, 0.3) is 0 Å². The molecule has 1 rings (SSSR count). The maximum absolute atomic E-state index is 11.1. The summed E-state index contributed by atoms with van der Waals surface area (Å²) >= 11 is 0. The maximum atomic E-state index is 11.1. The average Bonchev–Trinajstić information content (AvgIpc) is 2.47. The Hall–Kier alpha value is -1.36. The topological polar surface area (TPSA) is 78.4 Å². The zero-order valence-corrected chi connectivity index (χ0v) is 7.12. The van der Waals surface area contributed by atoms with Gasteiger partial charge in [0.15, 0.2) is 0 Å². The first-order chi connectivity index (χ1) is 6.17. The van der Waals surface area contributed by atoms with Crippen molar-refractivity contribution in [3.8, 4) is 0 Å². The Morgan fingerprint density at radius 3 is 3.00 bits per heavy atom. The van der Waals surface area contributed by atoms with Crippen LogP contribution in [0.1, 0.15) is 6.42 Å². The predicted octanol–water partition coefficient (Wildman–Crippen LogP) is -1.46. The van der Waals surface area contributed by atoms with Crippen molar-refractivity contribution < 1.29 is 14.7 Å². The number of amides is 2. The van der Waals surface area contributed by atoms with E-state index in [1.54, 1.807) is 0 Å². The van der Waals surface area contributed by atoms with Gasteiger partial charge in [0.25, 0.3) is 0 Å². The quantitative estimate of drug-likeness (QED) is 0.469. The second-order valence-corrected chi connectivity index (χ2v) is 2.89. The summed E-state index contributed by atoms with van der Waals surface area (Å²) in [5.74, 6) is -0.631. The van der Waals surface area contributed by atoms with E-state index in [0.29, 0.717) is 6.42 Å². The zero-order chi connectivity index (χ0) is 9.84. The van der Waals surface area contributed by atoms with E-state index in [9.17, 15) is 9.59 Å². The molecule has 0 unspecified atom stereocenters. The minimum absolute atomic E-state index is 0.105. The van der Waals surface area contributed by atoms with Crippen LogP contribution in [0.3, 0.4) is 0 Å². The highest BCUT2D eigenvalue weighted by molar-refractivity contribution is 5.93. The van der Waals surface area contributed by atoms with Gasteiger partial charge in [-0.1, -0.05) is 6.58 Å². The van der Waals surface area contributed by atoms with Gasteiger partial charge in [0.05, 0.1) is 12.6 Å². The second-order valence-electron chi connectivity index (χ2n) is 2.89. The molecule has 5 heteroatoms. The Kier molecular flexibility index (Phi) is 3.02. The lowest BCUT2D eigenvalue weighted by atomic mass is 10.2. The van der Waals surface area contributed by atoms with Crippen LogP contribution < -0.4 is 10.6 Å². The summed E-state index contributed by atoms with van der Waals surface area (Å²) in [7, 11) is 0. The molecule has 1 aliphatic rings. The van der Waals surface area contributed by atoms with Crippen LogP contribution >= 0.6 is 0 Å². The Morgan fingerprint density at radius 1 is 1.85 bits per heavy atom. The van der Waals surface area contributed by atoms with E-state index in [1.807, 2.05) is 0 Å². The highest BCUT2D eigenvalue weighted by atomic mass is 16.3. The van der Waals surface area contributed by atoms with Crippen LogP contribution in [0.4, 0.5) is 0 Å². The van der Waals surface area contributed by atoms with Gasteiger partial charge in [0.2, 0.25) is 11.8 Å². The third kappa shape index (κ3) is 2.29. The number of aliphatic hydroxyl groups is 1. The molecule has 1 heterocycles. The SMILES string of the molecule is C=CC(=O)N[C@H]1C[C@@H](CO)NC1=O. The second kappa shape index (κ2) is 4.04. The standard InChI is InChI=1S/C8H12N2O3/c1-2-7(12)10-6-3-5(4-11)9-8(6)13/h2,5-6,11H,1,3-4H2,(H,9,13)(H,10,12)/t5-,6-/m0/s1. The molecule has 3 N–H and O–H groups in total. The van der Waals surface area contributed by atoms with Gasteiger partial charge in [-0.15, -0.1) is 0 Å². The molecular formula is C8H12N2O3. The van der Waals surface area contributed by atoms with Crippen LogP contribution in [0, 0.1) is 0 Å². The van der Waals surface area contributed by atoms with Gasteiger partial charge in [-0.05, 0) is 12.5 Å². The minimum Gasteiger partial charge on any atom is -0.394 e. The van der Waals surface area contributed by atoms with Crippen molar-refractivity contribution in [1.82, 2.24) is 10.6 Å². The van der Waals surface area contributed by atoms with Gasteiger partial charge in [0, 0.05) is 0 Å². The highest BCUT2D eigenvalue weighted by Gasteiger charge is 2.31. The highest BCUT2D eigenvalue weighted by Crippen LogP contribution is 2.07. The smallest absolute Gasteiger partial charge is 0.244 e. The lowest BCUT2D eigenvalue weighted by Gasteiger charge is -2.06. The van der Waals surface area contributed by atoms with Gasteiger partial charge in [-0.25, -0.2) is 0 Å². The van der Waals surface area contributed by atoms with Crippen LogP contribution in [0.2, 0.25) is 0 Å². The lowest BCUT2D eigenvalue weighted by Crippen LogP contribution is -2.39. The van der Waals surface area contributed by atoms with E-state index < -0.39 is 6.04 Å². The third-order valence-electron chi connectivity index (χ3n) is 1.91. The summed E-state index contributed by atoms with van der Waals surface area (Å²) in [5.41, 5.74) is 0. The summed E-state index contributed by atoms with van der Waals surface area (Å²) in [6.45, 7) is 3.17. The summed E-state index contributed by atoms with van der Waals surface area (Å²) in [6, 6.07) is -0.787. The summed E-state index contributed by atoms with van der Waals surface area (Å²) in [4.78, 5) is 22.0. The summed E-state index contributed by atoms with van der Waals surface area (Å²) < 4.78 is 0. The molecule has 5 nitrogen and oxygen atoms in total. The number of nitrogens with one attached hydrogen (secondary N) is 2. The number of hydrogen-bond donors (Lipinski definition) is 3. The molecular weight excluding hydrogens is 172 g/mol. The van der Waals surface area contributed by atoms with Crippen LogP contribution in [-0.4, -0.2) is 35.6 Å². The maximum Gasteiger partial charge on any atom is 0.244 e. The molecule has 0 aliphatic carbocycles. The Bertz CT molecular complexity index is 240. The molecule has 0 spiro atoms. The number of carbonyl (C=O) groups excluding carboxylic acids is 2. The fourth-order valence-corrected chi connectivity index (χ4v) is 1.23. The van der Waals surface area contributed by atoms with Gasteiger partial charge in [-0.3, -0.25) is 9.59 Å². The Balaban J connectivity index is 2.48. The number of aliphatic hydroxyl groups excluding tert-OH is 1. The first kappa shape index (κ1) is 9.73. The van der Waals surface area contributed by atoms with Gasteiger partial charge >= 0.3 is 0 Å². The lowest BCUT2D eigenvalue weighted by molar-refractivity contribution is -0.125. The van der Waals surface area contributed by atoms with Crippen molar-refractivity contribution in [1.29, 1.82) is 0 Å². The number of hydrogen-bond acceptors (Lipinski definition) is 3.